The summed E-state index contributed by atoms with van der Waals surface area (Å²) in [5.74, 6) is -1.96. The largest absolute Gasteiger partial charge is 0.503 e. The number of hydrogen-bond acceptors (Lipinski definition) is 2. The summed E-state index contributed by atoms with van der Waals surface area (Å²) in [5.41, 5.74) is 1.02. The van der Waals surface area contributed by atoms with E-state index in [1.807, 2.05) is 0 Å². The topological polar surface area (TPSA) is 32.3 Å². The zero-order valence-electron chi connectivity index (χ0n) is 12.8. The fourth-order valence-electron chi connectivity index (χ4n) is 4.75. The van der Waals surface area contributed by atoms with E-state index in [-0.39, 0.29) is 10.8 Å². The molecule has 1 aromatic rings. The van der Waals surface area contributed by atoms with Crippen molar-refractivity contribution in [2.24, 2.45) is 16.7 Å². The zero-order valence-corrected chi connectivity index (χ0v) is 12.8. The molecule has 0 amide bonds. The summed E-state index contributed by atoms with van der Waals surface area (Å²) < 4.78 is 26.8. The lowest BCUT2D eigenvalue weighted by Crippen LogP contribution is -2.49. The molecule has 116 valence electrons. The van der Waals surface area contributed by atoms with Crippen LogP contribution in [-0.4, -0.2) is 11.1 Å². The Morgan fingerprint density at radius 3 is 2.38 bits per heavy atom. The van der Waals surface area contributed by atoms with Gasteiger partial charge < -0.3 is 10.4 Å². The fraction of sp³-hybridized carbons (Fsp3) is 0.647. The molecule has 2 saturated carbocycles. The van der Waals surface area contributed by atoms with E-state index in [4.69, 9.17) is 5.11 Å². The van der Waals surface area contributed by atoms with E-state index in [0.29, 0.717) is 18.2 Å². The van der Waals surface area contributed by atoms with Crippen LogP contribution in [0.3, 0.4) is 0 Å². The predicted molar refractivity (Wildman–Crippen MR) is 77.9 cm³/mol. The highest BCUT2D eigenvalue weighted by atomic mass is 19.1. The second-order valence-electron chi connectivity index (χ2n) is 7.64. The van der Waals surface area contributed by atoms with Gasteiger partial charge in [0.2, 0.25) is 0 Å². The lowest BCUT2D eigenvalue weighted by Gasteiger charge is -2.43. The van der Waals surface area contributed by atoms with Crippen LogP contribution in [0.1, 0.15) is 45.6 Å². The lowest BCUT2D eigenvalue weighted by atomic mass is 9.68. The average molecular weight is 295 g/mol. The van der Waals surface area contributed by atoms with Crippen molar-refractivity contribution in [3.05, 3.63) is 29.3 Å². The summed E-state index contributed by atoms with van der Waals surface area (Å²) in [4.78, 5) is 0. The van der Waals surface area contributed by atoms with Crippen LogP contribution in [0.2, 0.25) is 0 Å². The Hall–Kier alpha value is -1.16. The third-order valence-corrected chi connectivity index (χ3v) is 5.86. The molecule has 1 aromatic carbocycles. The van der Waals surface area contributed by atoms with Gasteiger partial charge in [0.05, 0.1) is 0 Å². The number of fused-ring (bicyclic) bond motifs is 2. The molecule has 0 heterocycles. The number of aromatic hydroxyl groups is 1. The molecular weight excluding hydrogens is 272 g/mol. The second kappa shape index (κ2) is 4.67. The fourth-order valence-corrected chi connectivity index (χ4v) is 4.75. The SMILES string of the molecule is CC12CCC(C1)C(C)(C)C2NCc1cc(F)c(O)c(F)c1. The summed E-state index contributed by atoms with van der Waals surface area (Å²) in [6.07, 6.45) is 3.73. The van der Waals surface area contributed by atoms with Crippen LogP contribution >= 0.6 is 0 Å². The molecule has 3 atom stereocenters. The van der Waals surface area contributed by atoms with Crippen LogP contribution < -0.4 is 5.32 Å². The Balaban J connectivity index is 1.76. The smallest absolute Gasteiger partial charge is 0.187 e. The number of hydrogen-bond donors (Lipinski definition) is 2. The van der Waals surface area contributed by atoms with Crippen molar-refractivity contribution in [1.29, 1.82) is 0 Å². The maximum absolute atomic E-state index is 13.4. The number of nitrogens with one attached hydrogen (secondary N) is 1. The minimum atomic E-state index is -0.898. The molecule has 2 aliphatic rings. The Bertz CT molecular complexity index is 544. The zero-order chi connectivity index (χ0) is 15.4. The first-order valence-corrected chi connectivity index (χ1v) is 7.64. The molecule has 21 heavy (non-hydrogen) atoms. The van der Waals surface area contributed by atoms with E-state index in [0.717, 1.165) is 5.92 Å². The second-order valence-corrected chi connectivity index (χ2v) is 7.64. The van der Waals surface area contributed by atoms with Crippen molar-refractivity contribution in [1.82, 2.24) is 5.32 Å². The van der Waals surface area contributed by atoms with Crippen molar-refractivity contribution in [2.45, 2.75) is 52.6 Å². The van der Waals surface area contributed by atoms with Gasteiger partial charge in [0.1, 0.15) is 0 Å². The van der Waals surface area contributed by atoms with Gasteiger partial charge in [-0.15, -0.1) is 0 Å². The van der Waals surface area contributed by atoms with Crippen LogP contribution in [0.15, 0.2) is 12.1 Å². The minimum absolute atomic E-state index is 0.209. The maximum Gasteiger partial charge on any atom is 0.187 e. The van der Waals surface area contributed by atoms with E-state index < -0.39 is 17.4 Å². The Labute approximate surface area is 124 Å². The number of rotatable bonds is 3. The van der Waals surface area contributed by atoms with Gasteiger partial charge in [0.15, 0.2) is 17.4 Å². The predicted octanol–water partition coefficient (Wildman–Crippen LogP) is 3.97. The van der Waals surface area contributed by atoms with Gasteiger partial charge in [-0.3, -0.25) is 0 Å². The Kier molecular flexibility index (Phi) is 3.28. The van der Waals surface area contributed by atoms with Crippen LogP contribution in [-0.2, 0) is 6.54 Å². The third kappa shape index (κ3) is 2.24. The van der Waals surface area contributed by atoms with Crippen molar-refractivity contribution in [3.63, 3.8) is 0 Å². The summed E-state index contributed by atoms with van der Waals surface area (Å²) in [7, 11) is 0. The van der Waals surface area contributed by atoms with Gasteiger partial charge in [0, 0.05) is 12.6 Å². The summed E-state index contributed by atoms with van der Waals surface area (Å²) >= 11 is 0. The van der Waals surface area contributed by atoms with Crippen molar-refractivity contribution < 1.29 is 13.9 Å². The summed E-state index contributed by atoms with van der Waals surface area (Å²) in [5, 5.41) is 12.7. The molecule has 2 fully saturated rings. The molecule has 2 aliphatic carbocycles. The van der Waals surface area contributed by atoms with Crippen LogP contribution in [0.5, 0.6) is 5.75 Å². The number of halogens is 2. The van der Waals surface area contributed by atoms with Crippen molar-refractivity contribution in [3.8, 4) is 5.75 Å². The highest BCUT2D eigenvalue weighted by molar-refractivity contribution is 5.30. The quantitative estimate of drug-likeness (QED) is 0.884. The molecule has 0 spiro atoms. The maximum atomic E-state index is 13.4. The molecule has 0 aromatic heterocycles. The number of phenols is 1. The molecular formula is C17H23F2NO. The van der Waals surface area contributed by atoms with E-state index in [1.54, 1.807) is 0 Å². The van der Waals surface area contributed by atoms with Gasteiger partial charge in [0.25, 0.3) is 0 Å². The van der Waals surface area contributed by atoms with Gasteiger partial charge in [-0.05, 0) is 53.7 Å². The normalized spacial score (nSPS) is 33.6. The van der Waals surface area contributed by atoms with Gasteiger partial charge in [-0.2, -0.15) is 0 Å². The first kappa shape index (κ1) is 14.8. The molecule has 2 nitrogen and oxygen atoms in total. The van der Waals surface area contributed by atoms with E-state index >= 15 is 0 Å². The van der Waals surface area contributed by atoms with Crippen molar-refractivity contribution >= 4 is 0 Å². The molecule has 3 unspecified atom stereocenters. The average Bonchev–Trinajstić information content (AvgIpc) is 2.86. The summed E-state index contributed by atoms with van der Waals surface area (Å²) in [6, 6.07) is 2.76. The number of phenolic OH excluding ortho intramolecular Hbond substituents is 1. The van der Waals surface area contributed by atoms with Crippen LogP contribution in [0, 0.1) is 28.4 Å². The van der Waals surface area contributed by atoms with Gasteiger partial charge in [-0.25, -0.2) is 8.78 Å². The molecule has 0 aliphatic heterocycles. The highest BCUT2D eigenvalue weighted by Gasteiger charge is 2.58. The van der Waals surface area contributed by atoms with Gasteiger partial charge in [-0.1, -0.05) is 20.8 Å². The number of benzene rings is 1. The lowest BCUT2D eigenvalue weighted by molar-refractivity contribution is 0.108. The standard InChI is InChI=1S/C17H23F2NO/c1-16(2)11-4-5-17(3,8-11)15(16)20-9-10-6-12(18)14(21)13(19)7-10/h6-7,11,15,20-21H,4-5,8-9H2,1-3H3. The van der Waals surface area contributed by atoms with Crippen molar-refractivity contribution in [2.75, 3.05) is 0 Å². The Morgan fingerprint density at radius 1 is 1.24 bits per heavy atom. The Morgan fingerprint density at radius 2 is 1.86 bits per heavy atom. The van der Waals surface area contributed by atoms with Crippen LogP contribution in [0.4, 0.5) is 8.78 Å². The molecule has 3 rings (SSSR count). The third-order valence-electron chi connectivity index (χ3n) is 5.86. The van der Waals surface area contributed by atoms with Crippen LogP contribution in [0.25, 0.3) is 0 Å². The van der Waals surface area contributed by atoms with E-state index in [2.05, 4.69) is 26.1 Å². The van der Waals surface area contributed by atoms with E-state index in [1.165, 1.54) is 31.4 Å². The molecule has 0 saturated heterocycles. The first-order valence-electron chi connectivity index (χ1n) is 7.64. The molecule has 2 bridgehead atoms. The monoisotopic (exact) mass is 295 g/mol. The molecule has 0 radical (unpaired) electrons. The summed E-state index contributed by atoms with van der Waals surface area (Å²) in [6.45, 7) is 7.32. The highest BCUT2D eigenvalue weighted by Crippen LogP contribution is 2.62. The van der Waals surface area contributed by atoms with Gasteiger partial charge >= 0.3 is 0 Å². The molecule has 2 N–H and O–H groups in total. The van der Waals surface area contributed by atoms with E-state index in [9.17, 15) is 8.78 Å². The first-order chi connectivity index (χ1) is 9.74. The molecule has 4 heteroatoms. The minimum Gasteiger partial charge on any atom is -0.503 e.